The van der Waals surface area contributed by atoms with E-state index in [2.05, 4.69) is 34.2 Å². The van der Waals surface area contributed by atoms with Crippen LogP contribution in [0, 0.1) is 5.82 Å². The Kier molecular flexibility index (Phi) is 4.56. The van der Waals surface area contributed by atoms with Crippen molar-refractivity contribution in [2.45, 2.75) is 49.9 Å². The third kappa shape index (κ3) is 3.29. The van der Waals surface area contributed by atoms with Gasteiger partial charge in [0, 0.05) is 54.5 Å². The normalized spacial score (nSPS) is 29.4. The first kappa shape index (κ1) is 18.3. The molecule has 3 heterocycles. The smallest absolute Gasteiger partial charge is 0.319 e. The van der Waals surface area contributed by atoms with Crippen LogP contribution in [0.5, 0.6) is 6.01 Å². The molecule has 1 aromatic carbocycles. The van der Waals surface area contributed by atoms with Crippen LogP contribution < -0.4 is 15.0 Å². The van der Waals surface area contributed by atoms with E-state index in [-0.39, 0.29) is 17.6 Å². The van der Waals surface area contributed by atoms with Crippen molar-refractivity contribution < 1.29 is 9.13 Å². The number of benzene rings is 1. The molecule has 3 fully saturated rings. The van der Waals surface area contributed by atoms with Crippen LogP contribution in [-0.2, 0) is 0 Å². The third-order valence-corrected chi connectivity index (χ3v) is 6.48. The van der Waals surface area contributed by atoms with Gasteiger partial charge in [-0.25, -0.2) is 4.39 Å². The van der Waals surface area contributed by atoms with Crippen molar-refractivity contribution in [2.75, 3.05) is 32.1 Å². The molecule has 6 nitrogen and oxygen atoms in total. The lowest BCUT2D eigenvalue weighted by atomic mass is 9.88. The number of piperazine rings is 1. The summed E-state index contributed by atoms with van der Waals surface area (Å²) in [6.07, 6.45) is 4.27. The molecule has 2 saturated heterocycles. The predicted octanol–water partition coefficient (Wildman–Crippen LogP) is 2.83. The lowest BCUT2D eigenvalue weighted by Gasteiger charge is -2.39. The highest BCUT2D eigenvalue weighted by atomic mass is 35.5. The van der Waals surface area contributed by atoms with Gasteiger partial charge in [0.2, 0.25) is 0 Å². The Morgan fingerprint density at radius 2 is 1.89 bits per heavy atom. The molecule has 0 spiro atoms. The number of aromatic nitrogens is 2. The van der Waals surface area contributed by atoms with Crippen LogP contribution >= 0.6 is 11.6 Å². The monoisotopic (exact) mass is 405 g/mol. The number of fused-ring (bicyclic) bond motifs is 3. The molecule has 3 aliphatic rings. The van der Waals surface area contributed by atoms with E-state index in [9.17, 15) is 4.39 Å². The van der Waals surface area contributed by atoms with Crippen molar-refractivity contribution in [3.63, 3.8) is 0 Å². The highest BCUT2D eigenvalue weighted by Gasteiger charge is 2.35. The van der Waals surface area contributed by atoms with E-state index in [1.165, 1.54) is 6.07 Å². The summed E-state index contributed by atoms with van der Waals surface area (Å²) < 4.78 is 20.7. The summed E-state index contributed by atoms with van der Waals surface area (Å²) in [5.41, 5.74) is 0.277. The molecular formula is C20H25ClFN5O. The fourth-order valence-electron chi connectivity index (χ4n) is 4.59. The standard InChI is InChI=1S/C20H25ClFN5O/c1-26(2)14-7-15(8-14)28-20-24-18-16(5-11(21)6-17(18)22)19(25-20)27-9-12-3-4-13(10-27)23-12/h5-6,12-15,23H,3-4,7-10H2,1-2H3/t12-,13+,14?,15?. The summed E-state index contributed by atoms with van der Waals surface area (Å²) in [5, 5.41) is 4.63. The molecular weight excluding hydrogens is 381 g/mol. The van der Waals surface area contributed by atoms with Crippen LogP contribution in [0.1, 0.15) is 25.7 Å². The molecule has 8 heteroatoms. The van der Waals surface area contributed by atoms with Crippen molar-refractivity contribution in [1.29, 1.82) is 0 Å². The van der Waals surface area contributed by atoms with Crippen molar-refractivity contribution in [1.82, 2.24) is 20.2 Å². The van der Waals surface area contributed by atoms with Gasteiger partial charge in [0.1, 0.15) is 17.4 Å². The number of halogens is 2. The second-order valence-corrected chi connectivity index (χ2v) is 8.92. The third-order valence-electron chi connectivity index (χ3n) is 6.27. The Morgan fingerprint density at radius 3 is 2.57 bits per heavy atom. The fraction of sp³-hybridized carbons (Fsp3) is 0.600. The maximum atomic E-state index is 14.7. The van der Waals surface area contributed by atoms with E-state index in [1.54, 1.807) is 6.07 Å². The Bertz CT molecular complexity index is 892. The van der Waals surface area contributed by atoms with Gasteiger partial charge in [-0.15, -0.1) is 0 Å². The van der Waals surface area contributed by atoms with Gasteiger partial charge in [-0.3, -0.25) is 0 Å². The van der Waals surface area contributed by atoms with Crippen molar-refractivity contribution >= 4 is 28.3 Å². The Hall–Kier alpha value is -1.70. The summed E-state index contributed by atoms with van der Waals surface area (Å²) in [7, 11) is 4.15. The SMILES string of the molecule is CN(C)C1CC(Oc2nc(N3C[C@H]4CC[C@@H](C3)N4)c3cc(Cl)cc(F)c3n2)C1. The maximum Gasteiger partial charge on any atom is 0.319 e. The number of anilines is 1. The molecule has 0 radical (unpaired) electrons. The minimum absolute atomic E-state index is 0.0762. The average Bonchev–Trinajstić information content (AvgIpc) is 2.95. The second kappa shape index (κ2) is 6.97. The first-order chi connectivity index (χ1) is 13.5. The van der Waals surface area contributed by atoms with E-state index < -0.39 is 5.82 Å². The van der Waals surface area contributed by atoms with Crippen molar-refractivity contribution in [2.24, 2.45) is 0 Å². The van der Waals surface area contributed by atoms with Crippen LogP contribution in [0.25, 0.3) is 10.9 Å². The molecule has 0 unspecified atom stereocenters. The summed E-state index contributed by atoms with van der Waals surface area (Å²) in [6, 6.07) is 4.74. The molecule has 5 rings (SSSR count). The minimum Gasteiger partial charge on any atom is -0.460 e. The molecule has 1 aliphatic carbocycles. The lowest BCUT2D eigenvalue weighted by molar-refractivity contribution is 0.0339. The fourth-order valence-corrected chi connectivity index (χ4v) is 4.79. The second-order valence-electron chi connectivity index (χ2n) is 8.49. The molecule has 0 amide bonds. The molecule has 28 heavy (non-hydrogen) atoms. The lowest BCUT2D eigenvalue weighted by Crippen LogP contribution is -2.51. The molecule has 2 atom stereocenters. The minimum atomic E-state index is -0.436. The number of hydrogen-bond acceptors (Lipinski definition) is 6. The molecule has 1 aromatic heterocycles. The molecule has 2 aromatic rings. The predicted molar refractivity (Wildman–Crippen MR) is 108 cm³/mol. The van der Waals surface area contributed by atoms with E-state index in [1.807, 2.05) is 0 Å². The Morgan fingerprint density at radius 1 is 1.18 bits per heavy atom. The first-order valence-corrected chi connectivity index (χ1v) is 10.3. The summed E-state index contributed by atoms with van der Waals surface area (Å²) in [4.78, 5) is 13.5. The van der Waals surface area contributed by atoms with Crippen LogP contribution in [0.15, 0.2) is 12.1 Å². The summed E-state index contributed by atoms with van der Waals surface area (Å²) in [6.45, 7) is 1.70. The van der Waals surface area contributed by atoms with Gasteiger partial charge >= 0.3 is 6.01 Å². The van der Waals surface area contributed by atoms with Gasteiger partial charge in [0.25, 0.3) is 0 Å². The van der Waals surface area contributed by atoms with Gasteiger partial charge in [0.05, 0.1) is 0 Å². The number of rotatable bonds is 4. The Labute approximate surface area is 169 Å². The molecule has 1 saturated carbocycles. The molecule has 1 N–H and O–H groups in total. The van der Waals surface area contributed by atoms with E-state index in [0.29, 0.717) is 28.5 Å². The van der Waals surface area contributed by atoms with Gasteiger partial charge in [0.15, 0.2) is 5.82 Å². The Balaban J connectivity index is 1.50. The van der Waals surface area contributed by atoms with Crippen LogP contribution in [0.4, 0.5) is 10.2 Å². The van der Waals surface area contributed by atoms with Gasteiger partial charge < -0.3 is 19.9 Å². The van der Waals surface area contributed by atoms with Crippen molar-refractivity contribution in [3.05, 3.63) is 23.0 Å². The van der Waals surface area contributed by atoms with Crippen molar-refractivity contribution in [3.8, 4) is 6.01 Å². The quantitative estimate of drug-likeness (QED) is 0.844. The number of ether oxygens (including phenoxy) is 1. The zero-order valence-corrected chi connectivity index (χ0v) is 16.9. The molecule has 150 valence electrons. The summed E-state index contributed by atoms with van der Waals surface area (Å²) in [5.74, 6) is 0.289. The van der Waals surface area contributed by atoms with Crippen LogP contribution in [0.2, 0.25) is 5.02 Å². The van der Waals surface area contributed by atoms with E-state index >= 15 is 0 Å². The van der Waals surface area contributed by atoms with Gasteiger partial charge in [-0.1, -0.05) is 11.6 Å². The highest BCUT2D eigenvalue weighted by Crippen LogP contribution is 2.35. The summed E-state index contributed by atoms with van der Waals surface area (Å²) >= 11 is 6.14. The van der Waals surface area contributed by atoms with Crippen LogP contribution in [-0.4, -0.2) is 66.3 Å². The number of nitrogens with zero attached hydrogens (tertiary/aromatic N) is 4. The molecule has 2 aliphatic heterocycles. The van der Waals surface area contributed by atoms with Gasteiger partial charge in [-0.05, 0) is 39.1 Å². The van der Waals surface area contributed by atoms with E-state index in [0.717, 1.165) is 44.6 Å². The number of hydrogen-bond donors (Lipinski definition) is 1. The zero-order chi connectivity index (χ0) is 19.4. The highest BCUT2D eigenvalue weighted by molar-refractivity contribution is 6.31. The average molecular weight is 406 g/mol. The van der Waals surface area contributed by atoms with Gasteiger partial charge in [-0.2, -0.15) is 9.97 Å². The largest absolute Gasteiger partial charge is 0.460 e. The van der Waals surface area contributed by atoms with Crippen LogP contribution in [0.3, 0.4) is 0 Å². The zero-order valence-electron chi connectivity index (χ0n) is 16.2. The van der Waals surface area contributed by atoms with E-state index in [4.69, 9.17) is 21.3 Å². The topological polar surface area (TPSA) is 53.5 Å². The maximum absolute atomic E-state index is 14.7. The molecule has 2 bridgehead atoms. The first-order valence-electron chi connectivity index (χ1n) is 9.97. The number of nitrogens with one attached hydrogen (secondary N) is 1.